The molecule has 2 rings (SSSR count). The first-order valence-corrected chi connectivity index (χ1v) is 6.02. The lowest BCUT2D eigenvalue weighted by molar-refractivity contribution is -0.132. The van der Waals surface area contributed by atoms with Crippen LogP contribution in [0.15, 0.2) is 16.8 Å². The number of thiophene rings is 1. The van der Waals surface area contributed by atoms with Gasteiger partial charge in [-0.3, -0.25) is 4.79 Å². The topological polar surface area (TPSA) is 20.3 Å². The van der Waals surface area contributed by atoms with Gasteiger partial charge in [0.2, 0.25) is 5.91 Å². The normalized spacial score (nSPS) is 22.4. The van der Waals surface area contributed by atoms with Crippen molar-refractivity contribution in [2.75, 3.05) is 6.54 Å². The van der Waals surface area contributed by atoms with Gasteiger partial charge in [0.05, 0.1) is 6.04 Å². The standard InChI is InChI=1S/C11H15NOS/c1-9(13)12-6-3-2-4-11(12)10-5-7-14-8-10/h5,7-8,11H,2-4,6H2,1H3. The van der Waals surface area contributed by atoms with Crippen molar-refractivity contribution in [1.29, 1.82) is 0 Å². The van der Waals surface area contributed by atoms with Crippen LogP contribution in [-0.4, -0.2) is 17.4 Å². The lowest BCUT2D eigenvalue weighted by Crippen LogP contribution is -2.36. The van der Waals surface area contributed by atoms with Gasteiger partial charge in [-0.1, -0.05) is 0 Å². The summed E-state index contributed by atoms with van der Waals surface area (Å²) in [5.41, 5.74) is 1.31. The Hall–Kier alpha value is -0.830. The second kappa shape index (κ2) is 4.13. The van der Waals surface area contributed by atoms with Crippen LogP contribution in [0, 0.1) is 0 Å². The highest BCUT2D eigenvalue weighted by Gasteiger charge is 2.25. The predicted octanol–water partition coefficient (Wildman–Crippen LogP) is 2.82. The number of carbonyl (C=O) groups excluding carboxylic acids is 1. The van der Waals surface area contributed by atoms with Gasteiger partial charge in [-0.25, -0.2) is 0 Å². The number of hydrogen-bond donors (Lipinski definition) is 0. The third kappa shape index (κ3) is 1.82. The molecule has 1 aliphatic rings. The van der Waals surface area contributed by atoms with Crippen LogP contribution < -0.4 is 0 Å². The Morgan fingerprint density at radius 3 is 3.07 bits per heavy atom. The minimum absolute atomic E-state index is 0.209. The van der Waals surface area contributed by atoms with Crippen LogP contribution in [-0.2, 0) is 4.79 Å². The molecule has 0 saturated carbocycles. The highest BCUT2D eigenvalue weighted by Crippen LogP contribution is 2.31. The first-order valence-electron chi connectivity index (χ1n) is 5.08. The van der Waals surface area contributed by atoms with Crippen molar-refractivity contribution < 1.29 is 4.79 Å². The summed E-state index contributed by atoms with van der Waals surface area (Å²) in [6, 6.07) is 2.48. The molecule has 1 saturated heterocycles. The molecule has 1 aliphatic heterocycles. The number of hydrogen-bond acceptors (Lipinski definition) is 2. The Labute approximate surface area is 88.5 Å². The Morgan fingerprint density at radius 1 is 1.57 bits per heavy atom. The Morgan fingerprint density at radius 2 is 2.43 bits per heavy atom. The molecule has 76 valence electrons. The smallest absolute Gasteiger partial charge is 0.219 e. The first kappa shape index (κ1) is 9.71. The highest BCUT2D eigenvalue weighted by molar-refractivity contribution is 7.07. The van der Waals surface area contributed by atoms with Crippen LogP contribution in [0.1, 0.15) is 37.8 Å². The maximum absolute atomic E-state index is 11.4. The van der Waals surface area contributed by atoms with Crippen molar-refractivity contribution >= 4 is 17.2 Å². The van der Waals surface area contributed by atoms with Gasteiger partial charge < -0.3 is 4.90 Å². The summed E-state index contributed by atoms with van der Waals surface area (Å²) in [6.07, 6.45) is 3.51. The Kier molecular flexibility index (Phi) is 2.87. The second-order valence-electron chi connectivity index (χ2n) is 3.78. The fourth-order valence-corrected chi connectivity index (χ4v) is 2.83. The van der Waals surface area contributed by atoms with Crippen LogP contribution in [0.25, 0.3) is 0 Å². The molecular formula is C11H15NOS. The van der Waals surface area contributed by atoms with Crippen molar-refractivity contribution in [3.63, 3.8) is 0 Å². The molecule has 1 aromatic heterocycles. The predicted molar refractivity (Wildman–Crippen MR) is 58.3 cm³/mol. The number of carbonyl (C=O) groups is 1. The van der Waals surface area contributed by atoms with Gasteiger partial charge in [0.15, 0.2) is 0 Å². The number of amides is 1. The summed E-state index contributed by atoms with van der Waals surface area (Å²) in [7, 11) is 0. The van der Waals surface area contributed by atoms with Crippen molar-refractivity contribution in [2.45, 2.75) is 32.2 Å². The molecule has 0 radical (unpaired) electrons. The first-order chi connectivity index (χ1) is 6.79. The third-order valence-electron chi connectivity index (χ3n) is 2.84. The van der Waals surface area contributed by atoms with E-state index in [1.165, 1.54) is 12.0 Å². The van der Waals surface area contributed by atoms with E-state index >= 15 is 0 Å². The van der Waals surface area contributed by atoms with E-state index in [0.717, 1.165) is 19.4 Å². The van der Waals surface area contributed by atoms with Crippen LogP contribution in [0.2, 0.25) is 0 Å². The summed E-state index contributed by atoms with van der Waals surface area (Å²) in [4.78, 5) is 13.4. The molecule has 14 heavy (non-hydrogen) atoms. The van der Waals surface area contributed by atoms with Crippen molar-refractivity contribution in [2.24, 2.45) is 0 Å². The SMILES string of the molecule is CC(=O)N1CCCCC1c1ccsc1. The van der Waals surface area contributed by atoms with Crippen molar-refractivity contribution in [3.05, 3.63) is 22.4 Å². The Bertz CT molecular complexity index is 307. The van der Waals surface area contributed by atoms with E-state index in [1.54, 1.807) is 18.3 Å². The molecule has 0 spiro atoms. The summed E-state index contributed by atoms with van der Waals surface area (Å²) >= 11 is 1.71. The summed E-state index contributed by atoms with van der Waals surface area (Å²) in [5, 5.41) is 4.24. The lowest BCUT2D eigenvalue weighted by Gasteiger charge is -2.34. The fraction of sp³-hybridized carbons (Fsp3) is 0.545. The monoisotopic (exact) mass is 209 g/mol. The van der Waals surface area contributed by atoms with E-state index in [9.17, 15) is 4.79 Å². The van der Waals surface area contributed by atoms with E-state index in [4.69, 9.17) is 0 Å². The molecule has 1 aromatic rings. The minimum Gasteiger partial charge on any atom is -0.336 e. The fourth-order valence-electron chi connectivity index (χ4n) is 2.12. The second-order valence-corrected chi connectivity index (χ2v) is 4.56. The summed E-state index contributed by atoms with van der Waals surface area (Å²) < 4.78 is 0. The van der Waals surface area contributed by atoms with Gasteiger partial charge in [0.25, 0.3) is 0 Å². The average molecular weight is 209 g/mol. The summed E-state index contributed by atoms with van der Waals surface area (Å²) in [5.74, 6) is 0.209. The molecule has 1 fully saturated rings. The van der Waals surface area contributed by atoms with Crippen LogP contribution in [0.3, 0.4) is 0 Å². The van der Waals surface area contributed by atoms with Crippen LogP contribution in [0.4, 0.5) is 0 Å². The maximum Gasteiger partial charge on any atom is 0.219 e. The number of rotatable bonds is 1. The quantitative estimate of drug-likeness (QED) is 0.696. The largest absolute Gasteiger partial charge is 0.336 e. The van der Waals surface area contributed by atoms with E-state index in [-0.39, 0.29) is 5.91 Å². The van der Waals surface area contributed by atoms with Gasteiger partial charge in [-0.2, -0.15) is 11.3 Å². The average Bonchev–Trinajstić information content (AvgIpc) is 2.70. The number of piperidine rings is 1. The number of nitrogens with zero attached hydrogens (tertiary/aromatic N) is 1. The maximum atomic E-state index is 11.4. The van der Waals surface area contributed by atoms with E-state index in [1.807, 2.05) is 4.90 Å². The molecule has 1 unspecified atom stereocenters. The van der Waals surface area contributed by atoms with Gasteiger partial charge in [0, 0.05) is 13.5 Å². The molecule has 2 heterocycles. The van der Waals surface area contributed by atoms with Crippen LogP contribution >= 0.6 is 11.3 Å². The zero-order valence-electron chi connectivity index (χ0n) is 8.40. The van der Waals surface area contributed by atoms with E-state index in [0.29, 0.717) is 6.04 Å². The summed E-state index contributed by atoms with van der Waals surface area (Å²) in [6.45, 7) is 2.60. The highest BCUT2D eigenvalue weighted by atomic mass is 32.1. The minimum atomic E-state index is 0.209. The van der Waals surface area contributed by atoms with Gasteiger partial charge in [0.1, 0.15) is 0 Å². The molecule has 2 nitrogen and oxygen atoms in total. The van der Waals surface area contributed by atoms with Gasteiger partial charge in [-0.05, 0) is 41.7 Å². The molecule has 0 aromatic carbocycles. The molecule has 1 atom stereocenters. The molecule has 1 amide bonds. The number of likely N-dealkylation sites (tertiary alicyclic amines) is 1. The molecule has 0 N–H and O–H groups in total. The zero-order chi connectivity index (χ0) is 9.97. The molecular weight excluding hydrogens is 194 g/mol. The van der Waals surface area contributed by atoms with Crippen LogP contribution in [0.5, 0.6) is 0 Å². The molecule has 0 aliphatic carbocycles. The molecule has 3 heteroatoms. The van der Waals surface area contributed by atoms with Gasteiger partial charge >= 0.3 is 0 Å². The zero-order valence-corrected chi connectivity index (χ0v) is 9.22. The molecule has 0 bridgehead atoms. The van der Waals surface area contributed by atoms with Crippen molar-refractivity contribution in [1.82, 2.24) is 4.90 Å². The lowest BCUT2D eigenvalue weighted by atomic mass is 9.97. The van der Waals surface area contributed by atoms with E-state index < -0.39 is 0 Å². The van der Waals surface area contributed by atoms with Gasteiger partial charge in [-0.15, -0.1) is 0 Å². The third-order valence-corrected chi connectivity index (χ3v) is 3.54. The van der Waals surface area contributed by atoms with Crippen molar-refractivity contribution in [3.8, 4) is 0 Å². The Balaban J connectivity index is 2.18. The van der Waals surface area contributed by atoms with E-state index in [2.05, 4.69) is 16.8 Å².